The van der Waals surface area contributed by atoms with Crippen LogP contribution in [0.3, 0.4) is 0 Å². The Bertz CT molecular complexity index is 112. The summed E-state index contributed by atoms with van der Waals surface area (Å²) in [6, 6.07) is 1.94. The van der Waals surface area contributed by atoms with E-state index in [1.165, 1.54) is 19.4 Å². The first-order valence-electron chi connectivity index (χ1n) is 4.69. The van der Waals surface area contributed by atoms with Crippen LogP contribution in [0, 0.1) is 0 Å². The van der Waals surface area contributed by atoms with Crippen molar-refractivity contribution in [2.24, 2.45) is 0 Å². The second-order valence-corrected chi connectivity index (χ2v) is 3.81. The molecular weight excluding hydrogens is 136 g/mol. The maximum atomic E-state index is 3.57. The third-order valence-corrected chi connectivity index (χ3v) is 2.31. The Balaban J connectivity index is 2.29. The Hall–Kier alpha value is -0.0800. The van der Waals surface area contributed by atoms with Gasteiger partial charge in [-0.05, 0) is 26.3 Å². The average molecular weight is 156 g/mol. The molecule has 2 unspecified atom stereocenters. The van der Waals surface area contributed by atoms with Crippen LogP contribution in [0.4, 0.5) is 0 Å². The van der Waals surface area contributed by atoms with E-state index in [-0.39, 0.29) is 0 Å². The predicted molar refractivity (Wildman–Crippen MR) is 48.8 cm³/mol. The van der Waals surface area contributed by atoms with Crippen LogP contribution in [-0.4, -0.2) is 24.7 Å². The van der Waals surface area contributed by atoms with Crippen molar-refractivity contribution in [2.75, 3.05) is 6.54 Å². The van der Waals surface area contributed by atoms with Gasteiger partial charge in [-0.25, -0.2) is 0 Å². The van der Waals surface area contributed by atoms with Crippen molar-refractivity contribution in [1.29, 1.82) is 0 Å². The van der Waals surface area contributed by atoms with Crippen molar-refractivity contribution in [3.05, 3.63) is 0 Å². The van der Waals surface area contributed by atoms with E-state index in [9.17, 15) is 0 Å². The summed E-state index contributed by atoms with van der Waals surface area (Å²) in [5.41, 5.74) is 0. The monoisotopic (exact) mass is 156 g/mol. The molecule has 0 amide bonds. The van der Waals surface area contributed by atoms with Crippen LogP contribution in [0.25, 0.3) is 0 Å². The van der Waals surface area contributed by atoms with E-state index in [0.717, 1.165) is 0 Å². The minimum absolute atomic E-state index is 0.613. The highest BCUT2D eigenvalue weighted by atomic mass is 15.0. The molecule has 0 bridgehead atoms. The van der Waals surface area contributed by atoms with Gasteiger partial charge in [-0.1, -0.05) is 13.8 Å². The molecule has 1 aliphatic heterocycles. The molecule has 1 fully saturated rings. The van der Waals surface area contributed by atoms with Crippen molar-refractivity contribution < 1.29 is 0 Å². The van der Waals surface area contributed by atoms with Gasteiger partial charge >= 0.3 is 0 Å². The third kappa shape index (κ3) is 2.80. The van der Waals surface area contributed by atoms with Crippen LogP contribution in [0.2, 0.25) is 0 Å². The average Bonchev–Trinajstić information content (AvgIpc) is 1.93. The number of nitrogens with one attached hydrogen (secondary N) is 2. The molecule has 1 saturated heterocycles. The van der Waals surface area contributed by atoms with Crippen molar-refractivity contribution in [3.8, 4) is 0 Å². The first kappa shape index (κ1) is 9.01. The van der Waals surface area contributed by atoms with Crippen molar-refractivity contribution in [1.82, 2.24) is 10.6 Å². The zero-order valence-corrected chi connectivity index (χ0v) is 7.85. The van der Waals surface area contributed by atoms with Gasteiger partial charge in [0.05, 0.1) is 0 Å². The number of rotatable bonds is 2. The number of hydrogen-bond donors (Lipinski definition) is 2. The fourth-order valence-electron chi connectivity index (χ4n) is 1.70. The zero-order valence-electron chi connectivity index (χ0n) is 7.85. The van der Waals surface area contributed by atoms with E-state index in [1.807, 2.05) is 0 Å². The summed E-state index contributed by atoms with van der Waals surface area (Å²) in [4.78, 5) is 0. The summed E-state index contributed by atoms with van der Waals surface area (Å²) >= 11 is 0. The van der Waals surface area contributed by atoms with Crippen LogP contribution >= 0.6 is 0 Å². The summed E-state index contributed by atoms with van der Waals surface area (Å²) in [5.74, 6) is 0. The van der Waals surface area contributed by atoms with Gasteiger partial charge < -0.3 is 10.6 Å². The normalized spacial score (nSPS) is 32.7. The molecule has 1 rings (SSSR count). The Morgan fingerprint density at radius 1 is 1.45 bits per heavy atom. The van der Waals surface area contributed by atoms with Crippen LogP contribution < -0.4 is 10.6 Å². The highest BCUT2D eigenvalue weighted by molar-refractivity contribution is 4.83. The van der Waals surface area contributed by atoms with Gasteiger partial charge in [-0.3, -0.25) is 0 Å². The summed E-state index contributed by atoms with van der Waals surface area (Å²) in [6.07, 6.45) is 2.64. The van der Waals surface area contributed by atoms with Gasteiger partial charge in [0.15, 0.2) is 0 Å². The van der Waals surface area contributed by atoms with Crippen LogP contribution in [0.15, 0.2) is 0 Å². The van der Waals surface area contributed by atoms with Crippen LogP contribution in [0.5, 0.6) is 0 Å². The minimum Gasteiger partial charge on any atom is -0.313 e. The third-order valence-electron chi connectivity index (χ3n) is 2.31. The summed E-state index contributed by atoms with van der Waals surface area (Å²) in [6.45, 7) is 7.87. The second kappa shape index (κ2) is 4.07. The first-order valence-corrected chi connectivity index (χ1v) is 4.69. The van der Waals surface area contributed by atoms with E-state index in [4.69, 9.17) is 0 Å². The molecule has 0 aromatic rings. The Morgan fingerprint density at radius 2 is 2.18 bits per heavy atom. The topological polar surface area (TPSA) is 24.1 Å². The van der Waals surface area contributed by atoms with Gasteiger partial charge in [-0.15, -0.1) is 0 Å². The largest absolute Gasteiger partial charge is 0.313 e. The van der Waals surface area contributed by atoms with Gasteiger partial charge in [0.1, 0.15) is 0 Å². The van der Waals surface area contributed by atoms with Crippen LogP contribution in [-0.2, 0) is 0 Å². The molecule has 0 radical (unpaired) electrons. The van der Waals surface area contributed by atoms with Gasteiger partial charge in [0.2, 0.25) is 0 Å². The zero-order chi connectivity index (χ0) is 8.27. The molecule has 1 heterocycles. The molecule has 0 saturated carbocycles. The van der Waals surface area contributed by atoms with E-state index in [1.54, 1.807) is 0 Å². The molecular formula is C9H20N2. The summed E-state index contributed by atoms with van der Waals surface area (Å²) < 4.78 is 0. The Morgan fingerprint density at radius 3 is 2.73 bits per heavy atom. The molecule has 2 atom stereocenters. The fourth-order valence-corrected chi connectivity index (χ4v) is 1.70. The molecule has 0 aliphatic carbocycles. The van der Waals surface area contributed by atoms with E-state index in [2.05, 4.69) is 31.4 Å². The molecule has 2 nitrogen and oxygen atoms in total. The predicted octanol–water partition coefficient (Wildman–Crippen LogP) is 1.12. The molecule has 2 N–H and O–H groups in total. The Kier molecular flexibility index (Phi) is 3.34. The quantitative estimate of drug-likeness (QED) is 0.626. The SMILES string of the molecule is CC(C)NC1CCCNC1C. The number of hydrogen-bond acceptors (Lipinski definition) is 2. The lowest BCUT2D eigenvalue weighted by molar-refractivity contribution is 0.301. The van der Waals surface area contributed by atoms with E-state index in [0.29, 0.717) is 18.1 Å². The molecule has 11 heavy (non-hydrogen) atoms. The molecule has 2 heteroatoms. The van der Waals surface area contributed by atoms with Gasteiger partial charge in [0.25, 0.3) is 0 Å². The van der Waals surface area contributed by atoms with Crippen molar-refractivity contribution in [3.63, 3.8) is 0 Å². The second-order valence-electron chi connectivity index (χ2n) is 3.81. The fraction of sp³-hybridized carbons (Fsp3) is 1.00. The van der Waals surface area contributed by atoms with Crippen LogP contribution in [0.1, 0.15) is 33.6 Å². The highest BCUT2D eigenvalue weighted by Crippen LogP contribution is 2.08. The molecule has 0 aromatic heterocycles. The summed E-state index contributed by atoms with van der Waals surface area (Å²) in [7, 11) is 0. The highest BCUT2D eigenvalue weighted by Gasteiger charge is 2.20. The molecule has 0 aromatic carbocycles. The molecule has 1 aliphatic rings. The lowest BCUT2D eigenvalue weighted by atomic mass is 9.99. The summed E-state index contributed by atoms with van der Waals surface area (Å²) in [5, 5.41) is 7.04. The van der Waals surface area contributed by atoms with E-state index < -0.39 is 0 Å². The lowest BCUT2D eigenvalue weighted by Gasteiger charge is -2.32. The lowest BCUT2D eigenvalue weighted by Crippen LogP contribution is -2.51. The van der Waals surface area contributed by atoms with Gasteiger partial charge in [-0.2, -0.15) is 0 Å². The van der Waals surface area contributed by atoms with Crippen molar-refractivity contribution >= 4 is 0 Å². The Labute approximate surface area is 69.8 Å². The standard InChI is InChI=1S/C9H20N2/c1-7(2)11-9-5-4-6-10-8(9)3/h7-11H,4-6H2,1-3H3. The van der Waals surface area contributed by atoms with Crippen molar-refractivity contribution in [2.45, 2.75) is 51.7 Å². The maximum Gasteiger partial charge on any atom is 0.0221 e. The number of piperidine rings is 1. The maximum absolute atomic E-state index is 3.57. The molecule has 0 spiro atoms. The minimum atomic E-state index is 0.613. The first-order chi connectivity index (χ1) is 5.20. The molecule has 66 valence electrons. The smallest absolute Gasteiger partial charge is 0.0221 e. The van der Waals surface area contributed by atoms with Gasteiger partial charge in [0, 0.05) is 18.1 Å². The van der Waals surface area contributed by atoms with E-state index >= 15 is 0 Å².